The van der Waals surface area contributed by atoms with E-state index in [1.807, 2.05) is 6.92 Å². The third-order valence-electron chi connectivity index (χ3n) is 1.89. The number of aromatic nitrogens is 3. The van der Waals surface area contributed by atoms with E-state index in [-0.39, 0.29) is 5.75 Å². The molecule has 4 heteroatoms. The highest BCUT2D eigenvalue weighted by Gasteiger charge is 2.03. The van der Waals surface area contributed by atoms with Crippen molar-refractivity contribution < 1.29 is 5.11 Å². The summed E-state index contributed by atoms with van der Waals surface area (Å²) in [6, 6.07) is 3.37. The Morgan fingerprint density at radius 2 is 2.23 bits per heavy atom. The van der Waals surface area contributed by atoms with E-state index >= 15 is 0 Å². The SMILES string of the molecule is CCc1nc2ccnnc2cc1O. The van der Waals surface area contributed by atoms with Gasteiger partial charge in [-0.2, -0.15) is 5.10 Å². The monoisotopic (exact) mass is 175 g/mol. The van der Waals surface area contributed by atoms with Gasteiger partial charge in [0.2, 0.25) is 0 Å². The summed E-state index contributed by atoms with van der Waals surface area (Å²) in [5, 5.41) is 17.0. The van der Waals surface area contributed by atoms with Crippen LogP contribution >= 0.6 is 0 Å². The van der Waals surface area contributed by atoms with Crippen molar-refractivity contribution in [3.63, 3.8) is 0 Å². The second kappa shape index (κ2) is 2.97. The van der Waals surface area contributed by atoms with Crippen molar-refractivity contribution in [1.29, 1.82) is 0 Å². The normalized spacial score (nSPS) is 10.5. The van der Waals surface area contributed by atoms with Gasteiger partial charge in [-0.1, -0.05) is 6.92 Å². The molecule has 0 aliphatic carbocycles. The van der Waals surface area contributed by atoms with Crippen LogP contribution in [0.1, 0.15) is 12.6 Å². The first kappa shape index (κ1) is 7.91. The van der Waals surface area contributed by atoms with Crippen LogP contribution in [0.5, 0.6) is 5.75 Å². The quantitative estimate of drug-likeness (QED) is 0.709. The molecule has 0 bridgehead atoms. The first-order valence-electron chi connectivity index (χ1n) is 4.11. The molecule has 4 nitrogen and oxygen atoms in total. The van der Waals surface area contributed by atoms with Crippen molar-refractivity contribution in [2.24, 2.45) is 0 Å². The van der Waals surface area contributed by atoms with E-state index in [9.17, 15) is 5.11 Å². The molecule has 0 aliphatic heterocycles. The summed E-state index contributed by atoms with van der Waals surface area (Å²) < 4.78 is 0. The second-order valence-corrected chi connectivity index (χ2v) is 2.74. The first-order valence-corrected chi connectivity index (χ1v) is 4.11. The molecule has 0 saturated carbocycles. The smallest absolute Gasteiger partial charge is 0.139 e. The number of nitrogens with zero attached hydrogens (tertiary/aromatic N) is 3. The predicted octanol–water partition coefficient (Wildman–Crippen LogP) is 1.29. The van der Waals surface area contributed by atoms with Crippen LogP contribution in [0.2, 0.25) is 0 Å². The van der Waals surface area contributed by atoms with E-state index < -0.39 is 0 Å². The molecule has 0 radical (unpaired) electrons. The molecule has 66 valence electrons. The summed E-state index contributed by atoms with van der Waals surface area (Å²) in [7, 11) is 0. The molecule has 0 atom stereocenters. The molecule has 2 rings (SSSR count). The maximum Gasteiger partial charge on any atom is 0.139 e. The van der Waals surface area contributed by atoms with E-state index in [4.69, 9.17) is 0 Å². The molecule has 0 spiro atoms. The third kappa shape index (κ3) is 1.30. The first-order chi connectivity index (χ1) is 6.31. The van der Waals surface area contributed by atoms with E-state index in [1.165, 1.54) is 0 Å². The zero-order valence-corrected chi connectivity index (χ0v) is 7.23. The highest BCUT2D eigenvalue weighted by atomic mass is 16.3. The van der Waals surface area contributed by atoms with Crippen molar-refractivity contribution in [3.8, 4) is 5.75 Å². The Morgan fingerprint density at radius 3 is 3.00 bits per heavy atom. The molecule has 2 heterocycles. The van der Waals surface area contributed by atoms with Crippen LogP contribution < -0.4 is 0 Å². The summed E-state index contributed by atoms with van der Waals surface area (Å²) in [4.78, 5) is 4.24. The van der Waals surface area contributed by atoms with Gasteiger partial charge in [-0.25, -0.2) is 4.98 Å². The third-order valence-corrected chi connectivity index (χ3v) is 1.89. The minimum atomic E-state index is 0.190. The fourth-order valence-corrected chi connectivity index (χ4v) is 1.21. The van der Waals surface area contributed by atoms with Crippen LogP contribution in [-0.4, -0.2) is 20.3 Å². The molecular formula is C9H9N3O. The summed E-state index contributed by atoms with van der Waals surface area (Å²) in [5.41, 5.74) is 2.09. The minimum absolute atomic E-state index is 0.190. The average Bonchev–Trinajstić information content (AvgIpc) is 2.17. The molecule has 0 saturated heterocycles. The van der Waals surface area contributed by atoms with Crippen LogP contribution in [0, 0.1) is 0 Å². The largest absolute Gasteiger partial charge is 0.506 e. The van der Waals surface area contributed by atoms with Gasteiger partial charge in [0.15, 0.2) is 0 Å². The summed E-state index contributed by atoms with van der Waals surface area (Å²) in [6.07, 6.45) is 2.30. The average molecular weight is 175 g/mol. The molecule has 0 fully saturated rings. The molecule has 0 aromatic carbocycles. The van der Waals surface area contributed by atoms with Gasteiger partial charge < -0.3 is 5.11 Å². The van der Waals surface area contributed by atoms with Crippen molar-refractivity contribution in [2.45, 2.75) is 13.3 Å². The van der Waals surface area contributed by atoms with Gasteiger partial charge in [-0.3, -0.25) is 0 Å². The Hall–Kier alpha value is -1.71. The number of hydrogen-bond donors (Lipinski definition) is 1. The Labute approximate surface area is 75.3 Å². The van der Waals surface area contributed by atoms with Crippen LogP contribution in [0.15, 0.2) is 18.3 Å². The number of hydrogen-bond acceptors (Lipinski definition) is 4. The van der Waals surface area contributed by atoms with Crippen molar-refractivity contribution in [1.82, 2.24) is 15.2 Å². The van der Waals surface area contributed by atoms with Gasteiger partial charge in [0.1, 0.15) is 11.3 Å². The Morgan fingerprint density at radius 1 is 1.38 bits per heavy atom. The molecule has 1 N–H and O–H groups in total. The zero-order chi connectivity index (χ0) is 9.26. The van der Waals surface area contributed by atoms with Crippen molar-refractivity contribution in [3.05, 3.63) is 24.0 Å². The minimum Gasteiger partial charge on any atom is -0.506 e. The van der Waals surface area contributed by atoms with Crippen LogP contribution in [-0.2, 0) is 6.42 Å². The number of aryl methyl sites for hydroxylation is 1. The molecule has 0 unspecified atom stereocenters. The summed E-state index contributed by atoms with van der Waals surface area (Å²) in [5.74, 6) is 0.190. The van der Waals surface area contributed by atoms with Crippen LogP contribution in [0.25, 0.3) is 11.0 Å². The van der Waals surface area contributed by atoms with Gasteiger partial charge in [0.25, 0.3) is 0 Å². The van der Waals surface area contributed by atoms with Crippen LogP contribution in [0.3, 0.4) is 0 Å². The lowest BCUT2D eigenvalue weighted by atomic mass is 10.2. The Kier molecular flexibility index (Phi) is 1.81. The second-order valence-electron chi connectivity index (χ2n) is 2.74. The molecule has 0 amide bonds. The lowest BCUT2D eigenvalue weighted by Crippen LogP contribution is -1.91. The summed E-state index contributed by atoms with van der Waals surface area (Å²) in [6.45, 7) is 1.95. The molecule has 13 heavy (non-hydrogen) atoms. The molecule has 2 aromatic heterocycles. The van der Waals surface area contributed by atoms with Gasteiger partial charge in [-0.05, 0) is 12.5 Å². The van der Waals surface area contributed by atoms with Gasteiger partial charge in [0.05, 0.1) is 17.4 Å². The number of pyridine rings is 1. The number of rotatable bonds is 1. The molecule has 2 aromatic rings. The van der Waals surface area contributed by atoms with Gasteiger partial charge >= 0.3 is 0 Å². The Bertz CT molecular complexity index is 442. The van der Waals surface area contributed by atoms with Crippen molar-refractivity contribution in [2.75, 3.05) is 0 Å². The highest BCUT2D eigenvalue weighted by Crippen LogP contribution is 2.19. The number of fused-ring (bicyclic) bond motifs is 1. The Balaban J connectivity index is 2.74. The predicted molar refractivity (Wildman–Crippen MR) is 48.4 cm³/mol. The molecular weight excluding hydrogens is 166 g/mol. The fourth-order valence-electron chi connectivity index (χ4n) is 1.21. The van der Waals surface area contributed by atoms with E-state index in [0.29, 0.717) is 17.6 Å². The van der Waals surface area contributed by atoms with Gasteiger partial charge in [-0.15, -0.1) is 5.10 Å². The standard InChI is InChI=1S/C9H9N3O/c1-2-6-9(13)5-8-7(11-6)3-4-10-12-8/h3-5,13H,2H2,1H3. The van der Waals surface area contributed by atoms with Crippen LogP contribution in [0.4, 0.5) is 0 Å². The lowest BCUT2D eigenvalue weighted by molar-refractivity contribution is 0.466. The maximum absolute atomic E-state index is 9.48. The topological polar surface area (TPSA) is 58.9 Å². The number of aromatic hydroxyl groups is 1. The van der Waals surface area contributed by atoms with E-state index in [0.717, 1.165) is 5.52 Å². The fraction of sp³-hybridized carbons (Fsp3) is 0.222. The highest BCUT2D eigenvalue weighted by molar-refractivity contribution is 5.74. The van der Waals surface area contributed by atoms with E-state index in [1.54, 1.807) is 18.3 Å². The zero-order valence-electron chi connectivity index (χ0n) is 7.23. The van der Waals surface area contributed by atoms with Crippen molar-refractivity contribution >= 4 is 11.0 Å². The van der Waals surface area contributed by atoms with E-state index in [2.05, 4.69) is 15.2 Å². The molecule has 0 aliphatic rings. The summed E-state index contributed by atoms with van der Waals surface area (Å²) >= 11 is 0. The maximum atomic E-state index is 9.48. The van der Waals surface area contributed by atoms with Gasteiger partial charge in [0, 0.05) is 6.07 Å². The lowest BCUT2D eigenvalue weighted by Gasteiger charge is -2.01.